The summed E-state index contributed by atoms with van der Waals surface area (Å²) in [6.45, 7) is 2.33. The normalized spacial score (nSPS) is 11.7. The van der Waals surface area contributed by atoms with Crippen molar-refractivity contribution >= 4 is 26.6 Å². The molecule has 0 bridgehead atoms. The van der Waals surface area contributed by atoms with Gasteiger partial charge in [0.05, 0.1) is 5.52 Å². The smallest absolute Gasteiger partial charge is 0.269 e. The third-order valence-corrected chi connectivity index (χ3v) is 6.59. The summed E-state index contributed by atoms with van der Waals surface area (Å²) < 4.78 is 41.1. The monoisotopic (exact) mass is 409 g/mol. The molecule has 7 heteroatoms. The minimum atomic E-state index is -3.77. The van der Waals surface area contributed by atoms with Crippen LogP contribution in [0.4, 0.5) is 10.1 Å². The van der Waals surface area contributed by atoms with E-state index in [0.29, 0.717) is 12.1 Å². The Kier molecular flexibility index (Phi) is 4.84. The molecular weight excluding hydrogens is 389 g/mol. The lowest BCUT2D eigenvalue weighted by Crippen LogP contribution is -2.17. The second-order valence-electron chi connectivity index (χ2n) is 6.95. The molecule has 0 spiro atoms. The van der Waals surface area contributed by atoms with Crippen molar-refractivity contribution in [2.24, 2.45) is 0 Å². The molecule has 0 unspecified atom stereocenters. The van der Waals surface area contributed by atoms with E-state index in [4.69, 9.17) is 0 Å². The van der Waals surface area contributed by atoms with Gasteiger partial charge in [0.2, 0.25) is 0 Å². The molecule has 148 valence electrons. The molecule has 0 aliphatic heterocycles. The van der Waals surface area contributed by atoms with Gasteiger partial charge >= 0.3 is 0 Å². The van der Waals surface area contributed by atoms with E-state index in [1.54, 1.807) is 24.4 Å². The quantitative estimate of drug-likeness (QED) is 0.492. The largest absolute Gasteiger partial charge is 0.370 e. The number of hydrogen-bond donors (Lipinski definition) is 0. The Balaban J connectivity index is 1.79. The lowest BCUT2D eigenvalue weighted by molar-refractivity contribution is 0.588. The first kappa shape index (κ1) is 19.1. The van der Waals surface area contributed by atoms with Crippen LogP contribution in [-0.4, -0.2) is 24.4 Å². The van der Waals surface area contributed by atoms with Crippen LogP contribution in [0.15, 0.2) is 78.1 Å². The number of aromatic nitrogens is 2. The minimum Gasteiger partial charge on any atom is -0.370 e. The van der Waals surface area contributed by atoms with Gasteiger partial charge in [-0.1, -0.05) is 18.2 Å². The zero-order valence-electron chi connectivity index (χ0n) is 16.1. The Hall–Kier alpha value is -3.19. The molecule has 2 aromatic carbocycles. The number of pyridine rings is 1. The molecule has 0 radical (unpaired) electrons. The highest BCUT2D eigenvalue weighted by atomic mass is 32.2. The second kappa shape index (κ2) is 7.33. The van der Waals surface area contributed by atoms with Gasteiger partial charge in [-0.25, -0.2) is 16.8 Å². The Morgan fingerprint density at radius 2 is 1.90 bits per heavy atom. The van der Waals surface area contributed by atoms with Crippen molar-refractivity contribution in [1.82, 2.24) is 8.96 Å². The van der Waals surface area contributed by atoms with Crippen LogP contribution < -0.4 is 4.90 Å². The predicted molar refractivity (Wildman–Crippen MR) is 112 cm³/mol. The molecule has 0 atom stereocenters. The summed E-state index contributed by atoms with van der Waals surface area (Å²) in [5.41, 5.74) is 3.17. The summed E-state index contributed by atoms with van der Waals surface area (Å²) in [5, 5.41) is 0.853. The number of aryl methyl sites for hydroxylation is 1. The predicted octanol–water partition coefficient (Wildman–Crippen LogP) is 4.36. The van der Waals surface area contributed by atoms with Gasteiger partial charge in [0.25, 0.3) is 10.0 Å². The number of benzene rings is 2. The van der Waals surface area contributed by atoms with Crippen LogP contribution in [0.5, 0.6) is 0 Å². The van der Waals surface area contributed by atoms with Crippen LogP contribution in [0.2, 0.25) is 0 Å². The van der Waals surface area contributed by atoms with E-state index in [1.165, 1.54) is 34.6 Å². The molecular formula is C22H20FN3O2S. The zero-order chi connectivity index (χ0) is 20.6. The summed E-state index contributed by atoms with van der Waals surface area (Å²) in [6.07, 6.45) is 4.54. The summed E-state index contributed by atoms with van der Waals surface area (Å²) in [6, 6.07) is 15.2. The highest BCUT2D eigenvalue weighted by Crippen LogP contribution is 2.28. The van der Waals surface area contributed by atoms with Crippen molar-refractivity contribution in [2.75, 3.05) is 11.9 Å². The first-order chi connectivity index (χ1) is 13.9. The maximum absolute atomic E-state index is 13.4. The third-order valence-electron chi connectivity index (χ3n) is 4.93. The summed E-state index contributed by atoms with van der Waals surface area (Å²) in [7, 11) is -1.87. The van der Waals surface area contributed by atoms with Crippen molar-refractivity contribution in [3.8, 4) is 0 Å². The van der Waals surface area contributed by atoms with Crippen molar-refractivity contribution in [2.45, 2.75) is 18.4 Å². The van der Waals surface area contributed by atoms with Crippen molar-refractivity contribution in [3.05, 3.63) is 90.1 Å². The van der Waals surface area contributed by atoms with Gasteiger partial charge < -0.3 is 4.90 Å². The number of fused-ring (bicyclic) bond motifs is 1. The van der Waals surface area contributed by atoms with E-state index in [-0.39, 0.29) is 10.7 Å². The van der Waals surface area contributed by atoms with E-state index in [2.05, 4.69) is 4.98 Å². The topological polar surface area (TPSA) is 55.2 Å². The lowest BCUT2D eigenvalue weighted by atomic mass is 10.1. The molecule has 4 rings (SSSR count). The molecule has 0 aliphatic carbocycles. The molecule has 2 aromatic heterocycles. The number of halogens is 1. The number of hydrogen-bond acceptors (Lipinski definition) is 4. The summed E-state index contributed by atoms with van der Waals surface area (Å²) >= 11 is 0. The molecule has 0 fully saturated rings. The van der Waals surface area contributed by atoms with Gasteiger partial charge in [-0.3, -0.25) is 4.98 Å². The average molecular weight is 409 g/mol. The molecule has 0 saturated carbocycles. The first-order valence-electron chi connectivity index (χ1n) is 9.10. The Morgan fingerprint density at radius 1 is 1.10 bits per heavy atom. The number of para-hydroxylation sites is 1. The fourth-order valence-corrected chi connectivity index (χ4v) is 4.90. The van der Waals surface area contributed by atoms with Crippen LogP contribution in [0.25, 0.3) is 10.9 Å². The van der Waals surface area contributed by atoms with Crippen LogP contribution in [0.1, 0.15) is 11.1 Å². The first-order valence-corrected chi connectivity index (χ1v) is 10.5. The maximum atomic E-state index is 13.4. The van der Waals surface area contributed by atoms with Gasteiger partial charge in [-0.05, 0) is 54.4 Å². The minimum absolute atomic E-state index is 0.134. The molecule has 5 nitrogen and oxygen atoms in total. The fourth-order valence-electron chi connectivity index (χ4n) is 3.54. The van der Waals surface area contributed by atoms with Crippen LogP contribution in [-0.2, 0) is 16.6 Å². The molecule has 0 amide bonds. The van der Waals surface area contributed by atoms with E-state index in [0.717, 1.165) is 22.2 Å². The van der Waals surface area contributed by atoms with E-state index in [9.17, 15) is 12.8 Å². The van der Waals surface area contributed by atoms with Crippen molar-refractivity contribution in [1.29, 1.82) is 0 Å². The molecule has 4 aromatic rings. The van der Waals surface area contributed by atoms with E-state index < -0.39 is 10.0 Å². The SMILES string of the molecule is Cc1cc(F)ccc1N(C)Cc1cn(S(=O)(=O)c2cccnc2)c2ccccc12. The highest BCUT2D eigenvalue weighted by molar-refractivity contribution is 7.90. The maximum Gasteiger partial charge on any atom is 0.269 e. The van der Waals surface area contributed by atoms with E-state index >= 15 is 0 Å². The van der Waals surface area contributed by atoms with Crippen molar-refractivity contribution in [3.63, 3.8) is 0 Å². The Bertz CT molecular complexity index is 1280. The van der Waals surface area contributed by atoms with Gasteiger partial charge in [-0.2, -0.15) is 0 Å². The molecule has 2 heterocycles. The molecule has 0 N–H and O–H groups in total. The summed E-state index contributed by atoms with van der Waals surface area (Å²) in [5.74, 6) is -0.279. The van der Waals surface area contributed by atoms with Crippen LogP contribution >= 0.6 is 0 Å². The van der Waals surface area contributed by atoms with Gasteiger partial charge in [0, 0.05) is 43.3 Å². The highest BCUT2D eigenvalue weighted by Gasteiger charge is 2.22. The second-order valence-corrected chi connectivity index (χ2v) is 8.76. The fraction of sp³-hybridized carbons (Fsp3) is 0.136. The Labute approximate surface area is 169 Å². The molecule has 0 aliphatic rings. The van der Waals surface area contributed by atoms with Gasteiger partial charge in [-0.15, -0.1) is 0 Å². The van der Waals surface area contributed by atoms with Gasteiger partial charge in [0.1, 0.15) is 10.7 Å². The Morgan fingerprint density at radius 3 is 2.62 bits per heavy atom. The van der Waals surface area contributed by atoms with Crippen LogP contribution in [0, 0.1) is 12.7 Å². The van der Waals surface area contributed by atoms with Crippen LogP contribution in [0.3, 0.4) is 0 Å². The van der Waals surface area contributed by atoms with Gasteiger partial charge in [0.15, 0.2) is 0 Å². The lowest BCUT2D eigenvalue weighted by Gasteiger charge is -2.21. The van der Waals surface area contributed by atoms with E-state index in [1.807, 2.05) is 37.1 Å². The number of anilines is 1. The third kappa shape index (κ3) is 3.49. The average Bonchev–Trinajstić information content (AvgIpc) is 3.08. The molecule has 29 heavy (non-hydrogen) atoms. The number of nitrogens with zero attached hydrogens (tertiary/aromatic N) is 3. The molecule has 0 saturated heterocycles. The van der Waals surface area contributed by atoms with Crippen molar-refractivity contribution < 1.29 is 12.8 Å². The standard InChI is InChI=1S/C22H20FN3O2S/c1-16-12-18(23)9-10-21(16)25(2)14-17-15-26(22-8-4-3-7-20(17)22)29(27,28)19-6-5-11-24-13-19/h3-13,15H,14H2,1-2H3. The summed E-state index contributed by atoms with van der Waals surface area (Å²) in [4.78, 5) is 6.05. The number of rotatable bonds is 5. The zero-order valence-corrected chi connectivity index (χ0v) is 16.9.